The molecule has 0 saturated heterocycles. The number of hydrogen-bond donors (Lipinski definition) is 2. The molecule has 1 rings (SSSR count). The van der Waals surface area contributed by atoms with Gasteiger partial charge in [-0.15, -0.1) is 0 Å². The fraction of sp³-hybridized carbons (Fsp3) is 0.286. The second-order valence-corrected chi connectivity index (χ2v) is 2.80. The Kier molecular flexibility index (Phi) is 2.31. The van der Waals surface area contributed by atoms with Gasteiger partial charge < -0.3 is 11.5 Å². The number of nitrogen functional groups attached to an aromatic ring is 1. The fourth-order valence-corrected chi connectivity index (χ4v) is 1.08. The summed E-state index contributed by atoms with van der Waals surface area (Å²) in [5.41, 5.74) is 12.5. The molecule has 0 amide bonds. The standard InChI is InChI=1S/C7H10ClN3/c1-4(9)6-2-5(10)3-11-7(6)8/h2-4H,9-10H2,1H3/t4-/m1/s1. The summed E-state index contributed by atoms with van der Waals surface area (Å²) in [5, 5.41) is 0.425. The maximum absolute atomic E-state index is 5.74. The maximum Gasteiger partial charge on any atom is 0.133 e. The van der Waals surface area contributed by atoms with E-state index in [1.165, 1.54) is 6.20 Å². The van der Waals surface area contributed by atoms with Crippen molar-refractivity contribution in [3.05, 3.63) is 23.0 Å². The lowest BCUT2D eigenvalue weighted by atomic mass is 10.1. The molecule has 1 atom stereocenters. The number of pyridine rings is 1. The lowest BCUT2D eigenvalue weighted by Gasteiger charge is -2.06. The first-order valence-electron chi connectivity index (χ1n) is 3.27. The second-order valence-electron chi connectivity index (χ2n) is 2.44. The molecule has 4 N–H and O–H groups in total. The van der Waals surface area contributed by atoms with Crippen molar-refractivity contribution in [1.29, 1.82) is 0 Å². The number of nitrogens with two attached hydrogens (primary N) is 2. The zero-order valence-electron chi connectivity index (χ0n) is 6.21. The third-order valence-electron chi connectivity index (χ3n) is 1.38. The highest BCUT2D eigenvalue weighted by Crippen LogP contribution is 2.20. The largest absolute Gasteiger partial charge is 0.397 e. The number of nitrogens with zero attached hydrogens (tertiary/aromatic N) is 1. The van der Waals surface area contributed by atoms with Crippen molar-refractivity contribution in [3.63, 3.8) is 0 Å². The number of aromatic nitrogens is 1. The molecule has 0 aliphatic rings. The third-order valence-corrected chi connectivity index (χ3v) is 1.69. The Morgan fingerprint density at radius 3 is 2.73 bits per heavy atom. The lowest BCUT2D eigenvalue weighted by molar-refractivity contribution is 0.812. The van der Waals surface area contributed by atoms with Gasteiger partial charge in [0.25, 0.3) is 0 Å². The van der Waals surface area contributed by atoms with Crippen LogP contribution in [0.5, 0.6) is 0 Å². The molecule has 0 saturated carbocycles. The number of halogens is 1. The summed E-state index contributed by atoms with van der Waals surface area (Å²) < 4.78 is 0. The van der Waals surface area contributed by atoms with E-state index in [0.29, 0.717) is 10.8 Å². The van der Waals surface area contributed by atoms with Crippen LogP contribution in [0.2, 0.25) is 5.15 Å². The van der Waals surface area contributed by atoms with Gasteiger partial charge in [-0.2, -0.15) is 0 Å². The summed E-state index contributed by atoms with van der Waals surface area (Å²) in [5.74, 6) is 0. The highest BCUT2D eigenvalue weighted by molar-refractivity contribution is 6.30. The van der Waals surface area contributed by atoms with E-state index in [2.05, 4.69) is 4.98 Å². The van der Waals surface area contributed by atoms with Crippen LogP contribution < -0.4 is 11.5 Å². The van der Waals surface area contributed by atoms with Crippen LogP contribution in [-0.2, 0) is 0 Å². The minimum atomic E-state index is -0.126. The molecule has 0 fully saturated rings. The Morgan fingerprint density at radius 1 is 1.64 bits per heavy atom. The van der Waals surface area contributed by atoms with Gasteiger partial charge in [-0.25, -0.2) is 4.98 Å². The van der Waals surface area contributed by atoms with Crippen LogP contribution in [0.1, 0.15) is 18.5 Å². The Morgan fingerprint density at radius 2 is 2.27 bits per heavy atom. The second kappa shape index (κ2) is 3.07. The van der Waals surface area contributed by atoms with Gasteiger partial charge in [0, 0.05) is 11.6 Å². The Bertz CT molecular complexity index is 260. The van der Waals surface area contributed by atoms with Crippen molar-refractivity contribution < 1.29 is 0 Å². The minimum Gasteiger partial charge on any atom is -0.397 e. The van der Waals surface area contributed by atoms with Gasteiger partial charge in [-0.3, -0.25) is 0 Å². The molecule has 0 radical (unpaired) electrons. The zero-order valence-corrected chi connectivity index (χ0v) is 6.97. The third kappa shape index (κ3) is 1.82. The summed E-state index contributed by atoms with van der Waals surface area (Å²) in [7, 11) is 0. The van der Waals surface area contributed by atoms with Crippen molar-refractivity contribution in [2.45, 2.75) is 13.0 Å². The molecule has 0 aromatic carbocycles. The molecule has 4 heteroatoms. The van der Waals surface area contributed by atoms with Crippen LogP contribution in [0.25, 0.3) is 0 Å². The molecule has 11 heavy (non-hydrogen) atoms. The zero-order chi connectivity index (χ0) is 8.43. The Hall–Kier alpha value is -0.800. The van der Waals surface area contributed by atoms with Crippen LogP contribution >= 0.6 is 11.6 Å². The van der Waals surface area contributed by atoms with Crippen LogP contribution in [0.4, 0.5) is 5.69 Å². The first-order valence-corrected chi connectivity index (χ1v) is 3.65. The predicted octanol–water partition coefficient (Wildman–Crippen LogP) is 1.34. The average molecular weight is 172 g/mol. The number of anilines is 1. The molecule has 1 aromatic heterocycles. The molecule has 0 spiro atoms. The molecular weight excluding hydrogens is 162 g/mol. The highest BCUT2D eigenvalue weighted by Gasteiger charge is 2.05. The summed E-state index contributed by atoms with van der Waals surface area (Å²) in [6.45, 7) is 1.84. The lowest BCUT2D eigenvalue weighted by Crippen LogP contribution is -2.07. The van der Waals surface area contributed by atoms with E-state index in [0.717, 1.165) is 5.56 Å². The molecular formula is C7H10ClN3. The van der Waals surface area contributed by atoms with Gasteiger partial charge in [0.1, 0.15) is 5.15 Å². The molecule has 0 aliphatic carbocycles. The molecule has 0 bridgehead atoms. The van der Waals surface area contributed by atoms with E-state index in [1.807, 2.05) is 6.92 Å². The van der Waals surface area contributed by atoms with Gasteiger partial charge in [0.05, 0.1) is 11.9 Å². The molecule has 3 nitrogen and oxygen atoms in total. The Balaban J connectivity index is 3.13. The van der Waals surface area contributed by atoms with Crippen molar-refractivity contribution >= 4 is 17.3 Å². The smallest absolute Gasteiger partial charge is 0.133 e. The number of rotatable bonds is 1. The minimum absolute atomic E-state index is 0.126. The van der Waals surface area contributed by atoms with E-state index >= 15 is 0 Å². The van der Waals surface area contributed by atoms with Crippen molar-refractivity contribution in [1.82, 2.24) is 4.98 Å². The Labute approximate surface area is 70.4 Å². The monoisotopic (exact) mass is 171 g/mol. The average Bonchev–Trinajstić information content (AvgIpc) is 1.94. The van der Waals surface area contributed by atoms with Gasteiger partial charge >= 0.3 is 0 Å². The predicted molar refractivity (Wildman–Crippen MR) is 46.3 cm³/mol. The first kappa shape index (κ1) is 8.30. The van der Waals surface area contributed by atoms with Gasteiger partial charge in [-0.1, -0.05) is 11.6 Å². The van der Waals surface area contributed by atoms with Gasteiger partial charge in [-0.05, 0) is 13.0 Å². The van der Waals surface area contributed by atoms with Crippen LogP contribution in [0, 0.1) is 0 Å². The van der Waals surface area contributed by atoms with E-state index < -0.39 is 0 Å². The SMILES string of the molecule is C[C@@H](N)c1cc(N)cnc1Cl. The molecule has 1 aromatic rings. The molecule has 0 aliphatic heterocycles. The quantitative estimate of drug-likeness (QED) is 0.627. The first-order chi connectivity index (χ1) is 5.11. The maximum atomic E-state index is 5.74. The van der Waals surface area contributed by atoms with E-state index in [9.17, 15) is 0 Å². The van der Waals surface area contributed by atoms with E-state index in [-0.39, 0.29) is 6.04 Å². The van der Waals surface area contributed by atoms with Crippen molar-refractivity contribution in [3.8, 4) is 0 Å². The molecule has 1 heterocycles. The summed E-state index contributed by atoms with van der Waals surface area (Å²) >= 11 is 5.74. The van der Waals surface area contributed by atoms with E-state index in [1.54, 1.807) is 6.07 Å². The van der Waals surface area contributed by atoms with Gasteiger partial charge in [0.2, 0.25) is 0 Å². The van der Waals surface area contributed by atoms with Crippen molar-refractivity contribution in [2.75, 3.05) is 5.73 Å². The molecule has 60 valence electrons. The van der Waals surface area contributed by atoms with Crippen LogP contribution in [0.15, 0.2) is 12.3 Å². The highest BCUT2D eigenvalue weighted by atomic mass is 35.5. The molecule has 0 unspecified atom stereocenters. The summed E-state index contributed by atoms with van der Waals surface area (Å²) in [6, 6.07) is 1.61. The van der Waals surface area contributed by atoms with Gasteiger partial charge in [0.15, 0.2) is 0 Å². The summed E-state index contributed by atoms with van der Waals surface area (Å²) in [4.78, 5) is 3.86. The van der Waals surface area contributed by atoms with Crippen molar-refractivity contribution in [2.24, 2.45) is 5.73 Å². The topological polar surface area (TPSA) is 64.9 Å². The normalized spacial score (nSPS) is 13.0. The van der Waals surface area contributed by atoms with Crippen LogP contribution in [0.3, 0.4) is 0 Å². The fourth-order valence-electron chi connectivity index (χ4n) is 0.801. The van der Waals surface area contributed by atoms with Crippen LogP contribution in [-0.4, -0.2) is 4.98 Å². The van der Waals surface area contributed by atoms with E-state index in [4.69, 9.17) is 23.1 Å². The summed E-state index contributed by atoms with van der Waals surface area (Å²) in [6.07, 6.45) is 1.51. The number of hydrogen-bond acceptors (Lipinski definition) is 3.